The fourth-order valence-electron chi connectivity index (χ4n) is 1.80. The Morgan fingerprint density at radius 1 is 1.17 bits per heavy atom. The van der Waals surface area contributed by atoms with Crippen molar-refractivity contribution in [2.24, 2.45) is 5.73 Å². The topological polar surface area (TPSA) is 82.8 Å². The maximum absolute atomic E-state index is 11.4. The second-order valence-corrected chi connectivity index (χ2v) is 3.55. The van der Waals surface area contributed by atoms with Crippen LogP contribution in [0.15, 0.2) is 12.1 Å². The molecule has 18 heavy (non-hydrogen) atoms. The molecule has 1 unspecified atom stereocenters. The highest BCUT2D eigenvalue weighted by atomic mass is 16.5. The molecule has 6 nitrogen and oxygen atoms in total. The van der Waals surface area contributed by atoms with E-state index in [-0.39, 0.29) is 0 Å². The number of hydrogen-bond donors (Lipinski definition) is 2. The van der Waals surface area contributed by atoms with E-state index in [4.69, 9.17) is 19.9 Å². The zero-order chi connectivity index (χ0) is 13.7. The molecule has 1 rings (SSSR count). The summed E-state index contributed by atoms with van der Waals surface area (Å²) in [6.45, 7) is 0. The number of rotatable bonds is 6. The Balaban J connectivity index is 3.40. The maximum atomic E-state index is 11.4. The number of nitrogens with one attached hydrogen (secondary N) is 1. The van der Waals surface area contributed by atoms with Gasteiger partial charge in [0.25, 0.3) is 0 Å². The fraction of sp³-hybridized carbons (Fsp3) is 0.417. The molecule has 0 aromatic heterocycles. The molecule has 0 aliphatic carbocycles. The van der Waals surface area contributed by atoms with Crippen molar-refractivity contribution in [1.29, 1.82) is 0 Å². The van der Waals surface area contributed by atoms with Crippen molar-refractivity contribution in [2.75, 3.05) is 28.4 Å². The Kier molecular flexibility index (Phi) is 4.79. The molecule has 0 aliphatic heterocycles. The van der Waals surface area contributed by atoms with E-state index in [1.807, 2.05) is 0 Å². The average molecular weight is 254 g/mol. The summed E-state index contributed by atoms with van der Waals surface area (Å²) in [5, 5.41) is 2.83. The van der Waals surface area contributed by atoms with Crippen LogP contribution in [0.1, 0.15) is 11.6 Å². The molecule has 1 aromatic rings. The molecule has 100 valence electrons. The number of likely N-dealkylation sites (N-methyl/N-ethyl adjacent to an activating group) is 1. The number of primary amides is 1. The summed E-state index contributed by atoms with van der Waals surface area (Å²) in [7, 11) is 6.17. The van der Waals surface area contributed by atoms with Crippen molar-refractivity contribution in [3.05, 3.63) is 17.7 Å². The van der Waals surface area contributed by atoms with Crippen LogP contribution in [0, 0.1) is 0 Å². The third-order valence-electron chi connectivity index (χ3n) is 2.62. The van der Waals surface area contributed by atoms with Gasteiger partial charge in [0.2, 0.25) is 11.7 Å². The average Bonchev–Trinajstić information content (AvgIpc) is 2.38. The first-order valence-corrected chi connectivity index (χ1v) is 5.36. The highest BCUT2D eigenvalue weighted by molar-refractivity contribution is 5.83. The molecule has 3 N–H and O–H groups in total. The molecule has 0 fully saturated rings. The smallest absolute Gasteiger partial charge is 0.239 e. The number of hydrogen-bond acceptors (Lipinski definition) is 5. The number of ether oxygens (including phenoxy) is 3. The molecule has 6 heteroatoms. The summed E-state index contributed by atoms with van der Waals surface area (Å²) < 4.78 is 15.7. The van der Waals surface area contributed by atoms with Gasteiger partial charge in [0.15, 0.2) is 11.5 Å². The van der Waals surface area contributed by atoms with Crippen molar-refractivity contribution in [2.45, 2.75) is 6.04 Å². The fourth-order valence-corrected chi connectivity index (χ4v) is 1.80. The molecule has 0 aliphatic rings. The molecule has 1 atom stereocenters. The zero-order valence-electron chi connectivity index (χ0n) is 10.9. The minimum Gasteiger partial charge on any atom is -0.493 e. The third kappa shape index (κ3) is 2.48. The number of nitrogens with two attached hydrogens (primary N) is 1. The molecule has 0 saturated carbocycles. The predicted octanol–water partition coefficient (Wildman–Crippen LogP) is 0.458. The summed E-state index contributed by atoms with van der Waals surface area (Å²) in [4.78, 5) is 11.4. The van der Waals surface area contributed by atoms with Gasteiger partial charge in [0.1, 0.15) is 6.04 Å². The standard InChI is InChI=1S/C12H18N2O4/c1-14-9(12(13)15)7-5-6-8(16-2)11(18-4)10(7)17-3/h5-6,9,14H,1-4H3,(H2,13,15). The van der Waals surface area contributed by atoms with E-state index in [9.17, 15) is 4.79 Å². The van der Waals surface area contributed by atoms with E-state index < -0.39 is 11.9 Å². The lowest BCUT2D eigenvalue weighted by molar-refractivity contribution is -0.120. The van der Waals surface area contributed by atoms with Crippen molar-refractivity contribution >= 4 is 5.91 Å². The maximum Gasteiger partial charge on any atom is 0.239 e. The van der Waals surface area contributed by atoms with Gasteiger partial charge < -0.3 is 25.3 Å². The van der Waals surface area contributed by atoms with Crippen LogP contribution in [-0.4, -0.2) is 34.3 Å². The second kappa shape index (κ2) is 6.11. The Morgan fingerprint density at radius 3 is 2.17 bits per heavy atom. The van der Waals surface area contributed by atoms with Gasteiger partial charge in [-0.3, -0.25) is 4.79 Å². The normalized spacial score (nSPS) is 11.8. The van der Waals surface area contributed by atoms with Gasteiger partial charge >= 0.3 is 0 Å². The number of amides is 1. The molecule has 0 radical (unpaired) electrons. The number of methoxy groups -OCH3 is 3. The Bertz CT molecular complexity index is 434. The van der Waals surface area contributed by atoms with E-state index in [2.05, 4.69) is 5.32 Å². The first-order chi connectivity index (χ1) is 8.60. The largest absolute Gasteiger partial charge is 0.493 e. The van der Waals surface area contributed by atoms with Crippen LogP contribution >= 0.6 is 0 Å². The second-order valence-electron chi connectivity index (χ2n) is 3.55. The lowest BCUT2D eigenvalue weighted by atomic mass is 10.0. The van der Waals surface area contributed by atoms with Gasteiger partial charge in [-0.25, -0.2) is 0 Å². The van der Waals surface area contributed by atoms with Gasteiger partial charge in [-0.05, 0) is 19.2 Å². The highest BCUT2D eigenvalue weighted by Crippen LogP contribution is 2.41. The van der Waals surface area contributed by atoms with Crippen LogP contribution in [0.4, 0.5) is 0 Å². The van der Waals surface area contributed by atoms with E-state index in [0.717, 1.165) is 0 Å². The zero-order valence-corrected chi connectivity index (χ0v) is 10.9. The molecular weight excluding hydrogens is 236 g/mol. The number of carbonyl (C=O) groups is 1. The molecule has 0 heterocycles. The van der Waals surface area contributed by atoms with Crippen LogP contribution in [0.3, 0.4) is 0 Å². The van der Waals surface area contributed by atoms with Crippen LogP contribution in [0.25, 0.3) is 0 Å². The Labute approximate surface area is 106 Å². The van der Waals surface area contributed by atoms with E-state index in [1.54, 1.807) is 19.2 Å². The number of carbonyl (C=O) groups excluding carboxylic acids is 1. The summed E-state index contributed by atoms with van der Waals surface area (Å²) in [6.07, 6.45) is 0. The lowest BCUT2D eigenvalue weighted by Crippen LogP contribution is -2.31. The van der Waals surface area contributed by atoms with Crippen LogP contribution in [0.2, 0.25) is 0 Å². The first-order valence-electron chi connectivity index (χ1n) is 5.36. The molecular formula is C12H18N2O4. The first kappa shape index (κ1) is 14.1. The summed E-state index contributed by atoms with van der Waals surface area (Å²) >= 11 is 0. The summed E-state index contributed by atoms with van der Waals surface area (Å²) in [5.74, 6) is 0.884. The van der Waals surface area contributed by atoms with E-state index in [1.165, 1.54) is 21.3 Å². The Hall–Kier alpha value is -1.95. The van der Waals surface area contributed by atoms with E-state index >= 15 is 0 Å². The molecule has 0 spiro atoms. The van der Waals surface area contributed by atoms with Gasteiger partial charge in [-0.15, -0.1) is 0 Å². The summed E-state index contributed by atoms with van der Waals surface area (Å²) in [5.41, 5.74) is 5.94. The third-order valence-corrected chi connectivity index (χ3v) is 2.62. The SMILES string of the molecule is CNC(C(N)=O)c1ccc(OC)c(OC)c1OC. The van der Waals surface area contributed by atoms with Crippen molar-refractivity contribution < 1.29 is 19.0 Å². The quantitative estimate of drug-likeness (QED) is 0.770. The van der Waals surface area contributed by atoms with Crippen LogP contribution in [-0.2, 0) is 4.79 Å². The van der Waals surface area contributed by atoms with Crippen molar-refractivity contribution in [3.63, 3.8) is 0 Å². The molecule has 1 aromatic carbocycles. The molecule has 1 amide bonds. The van der Waals surface area contributed by atoms with Crippen molar-refractivity contribution in [1.82, 2.24) is 5.32 Å². The van der Waals surface area contributed by atoms with Gasteiger partial charge in [0, 0.05) is 5.56 Å². The number of benzene rings is 1. The summed E-state index contributed by atoms with van der Waals surface area (Å²) in [6, 6.07) is 2.76. The predicted molar refractivity (Wildman–Crippen MR) is 67.1 cm³/mol. The Morgan fingerprint density at radius 2 is 1.78 bits per heavy atom. The minimum absolute atomic E-state index is 0.426. The van der Waals surface area contributed by atoms with Crippen LogP contribution in [0.5, 0.6) is 17.2 Å². The monoisotopic (exact) mass is 254 g/mol. The van der Waals surface area contributed by atoms with E-state index in [0.29, 0.717) is 22.8 Å². The van der Waals surface area contributed by atoms with Gasteiger partial charge in [-0.2, -0.15) is 0 Å². The molecule has 0 saturated heterocycles. The van der Waals surface area contributed by atoms with Gasteiger partial charge in [-0.1, -0.05) is 0 Å². The molecule has 0 bridgehead atoms. The van der Waals surface area contributed by atoms with Gasteiger partial charge in [0.05, 0.1) is 21.3 Å². The van der Waals surface area contributed by atoms with Crippen LogP contribution < -0.4 is 25.3 Å². The van der Waals surface area contributed by atoms with Crippen molar-refractivity contribution in [3.8, 4) is 17.2 Å². The lowest BCUT2D eigenvalue weighted by Gasteiger charge is -2.19. The minimum atomic E-state index is -0.653. The highest BCUT2D eigenvalue weighted by Gasteiger charge is 2.24.